The van der Waals surface area contributed by atoms with Gasteiger partial charge in [-0.15, -0.1) is 0 Å². The molecule has 1 rings (SSSR count). The molecule has 0 saturated heterocycles. The van der Waals surface area contributed by atoms with E-state index in [0.29, 0.717) is 0 Å². The Bertz CT molecular complexity index is 188. The predicted molar refractivity (Wildman–Crippen MR) is 33.4 cm³/mol. The largest absolute Gasteiger partial charge is 0.282 e. The smallest absolute Gasteiger partial charge is 0.0845 e. The van der Waals surface area contributed by atoms with Gasteiger partial charge in [0.05, 0.1) is 5.69 Å². The van der Waals surface area contributed by atoms with Crippen molar-refractivity contribution in [2.75, 3.05) is 0 Å². The molecule has 0 saturated carbocycles. The van der Waals surface area contributed by atoms with Crippen molar-refractivity contribution in [3.05, 3.63) is 24.0 Å². The highest BCUT2D eigenvalue weighted by Gasteiger charge is 1.87. The summed E-state index contributed by atoms with van der Waals surface area (Å²) in [5, 5.41) is 6.69. The summed E-state index contributed by atoms with van der Waals surface area (Å²) < 4.78 is 0. The summed E-state index contributed by atoms with van der Waals surface area (Å²) in [6, 6.07) is 1.94. The highest BCUT2D eigenvalue weighted by molar-refractivity contribution is 5.40. The zero-order valence-electron chi connectivity index (χ0n) is 4.81. The molecule has 1 aromatic rings. The van der Waals surface area contributed by atoms with Gasteiger partial charge in [-0.1, -0.05) is 6.58 Å². The van der Waals surface area contributed by atoms with Gasteiger partial charge in [0.25, 0.3) is 0 Å². The maximum atomic E-state index is 3.89. The summed E-state index contributed by atoms with van der Waals surface area (Å²) in [6.45, 7) is 5.52. The Kier molecular flexibility index (Phi) is 1.16. The second-order valence-electron chi connectivity index (χ2n) is 1.68. The van der Waals surface area contributed by atoms with Crippen LogP contribution in [0.25, 0.3) is 6.08 Å². The van der Waals surface area contributed by atoms with E-state index in [-0.39, 0.29) is 0 Å². The predicted octanol–water partition coefficient (Wildman–Crippen LogP) is 1.36. The van der Waals surface area contributed by atoms with Crippen LogP contribution in [0.1, 0.15) is 11.4 Å². The summed E-state index contributed by atoms with van der Waals surface area (Å²) in [6.07, 6.45) is 1.71. The first kappa shape index (κ1) is 5.09. The molecule has 2 heteroatoms. The number of hydrogen-bond donors (Lipinski definition) is 1. The maximum absolute atomic E-state index is 3.89. The number of hydrogen-bond acceptors (Lipinski definition) is 1. The van der Waals surface area contributed by atoms with Crippen molar-refractivity contribution in [2.45, 2.75) is 6.92 Å². The zero-order chi connectivity index (χ0) is 5.98. The van der Waals surface area contributed by atoms with Gasteiger partial charge in [-0.05, 0) is 19.1 Å². The Hall–Kier alpha value is -1.05. The molecule has 1 N–H and O–H groups in total. The number of aromatic amines is 1. The third kappa shape index (κ3) is 0.780. The molecule has 0 bridgehead atoms. The Balaban J connectivity index is 3.00. The highest BCUT2D eigenvalue weighted by Crippen LogP contribution is 1.96. The average molecular weight is 108 g/mol. The average Bonchev–Trinajstić information content (AvgIpc) is 2.14. The molecule has 0 unspecified atom stereocenters. The lowest BCUT2D eigenvalue weighted by Gasteiger charge is -1.70. The van der Waals surface area contributed by atoms with E-state index in [9.17, 15) is 0 Å². The highest BCUT2D eigenvalue weighted by atomic mass is 15.1. The molecular formula is C6H8N2. The number of aromatic nitrogens is 2. The molecule has 0 spiro atoms. The molecule has 0 amide bonds. The normalized spacial score (nSPS) is 9.12. The molecule has 42 valence electrons. The van der Waals surface area contributed by atoms with E-state index in [1.165, 1.54) is 0 Å². The molecule has 0 aliphatic rings. The van der Waals surface area contributed by atoms with E-state index in [4.69, 9.17) is 0 Å². The Morgan fingerprint density at radius 3 is 2.88 bits per heavy atom. The van der Waals surface area contributed by atoms with Gasteiger partial charge in [0, 0.05) is 5.69 Å². The van der Waals surface area contributed by atoms with Gasteiger partial charge < -0.3 is 0 Å². The first-order chi connectivity index (χ1) is 3.83. The molecule has 8 heavy (non-hydrogen) atoms. The topological polar surface area (TPSA) is 28.7 Å². The van der Waals surface area contributed by atoms with E-state index in [1.54, 1.807) is 6.08 Å². The fourth-order valence-electron chi connectivity index (χ4n) is 0.544. The summed E-state index contributed by atoms with van der Waals surface area (Å²) in [5.74, 6) is 0. The molecule has 1 aromatic heterocycles. The van der Waals surface area contributed by atoms with Crippen molar-refractivity contribution in [1.82, 2.24) is 10.2 Å². The van der Waals surface area contributed by atoms with E-state index in [0.717, 1.165) is 11.4 Å². The molecule has 2 nitrogen and oxygen atoms in total. The minimum atomic E-state index is 0.905. The second-order valence-corrected chi connectivity index (χ2v) is 1.68. The number of rotatable bonds is 1. The number of aryl methyl sites for hydroxylation is 1. The molecule has 0 fully saturated rings. The van der Waals surface area contributed by atoms with Crippen LogP contribution in [0.4, 0.5) is 0 Å². The van der Waals surface area contributed by atoms with Crippen molar-refractivity contribution >= 4 is 6.08 Å². The molecule has 0 aliphatic heterocycles. The summed E-state index contributed by atoms with van der Waals surface area (Å²) in [7, 11) is 0. The third-order valence-corrected chi connectivity index (χ3v) is 0.935. The molecule has 0 aliphatic carbocycles. The van der Waals surface area contributed by atoms with Crippen molar-refractivity contribution < 1.29 is 0 Å². The number of nitrogens with one attached hydrogen (secondary N) is 1. The fourth-order valence-corrected chi connectivity index (χ4v) is 0.544. The number of H-pyrrole nitrogens is 1. The fraction of sp³-hybridized carbons (Fsp3) is 0.167. The Labute approximate surface area is 48.2 Å². The summed E-state index contributed by atoms with van der Waals surface area (Å²) >= 11 is 0. The molecule has 0 aromatic carbocycles. The van der Waals surface area contributed by atoms with Crippen LogP contribution in [0.2, 0.25) is 0 Å². The van der Waals surface area contributed by atoms with Gasteiger partial charge >= 0.3 is 0 Å². The summed E-state index contributed by atoms with van der Waals surface area (Å²) in [4.78, 5) is 0. The van der Waals surface area contributed by atoms with Crippen molar-refractivity contribution in [3.63, 3.8) is 0 Å². The van der Waals surface area contributed by atoms with E-state index < -0.39 is 0 Å². The third-order valence-electron chi connectivity index (χ3n) is 0.935. The standard InChI is InChI=1S/C6H8N2/c1-3-6-4-5(2)7-8-6/h3-4H,1H2,2H3,(H,7,8). The SMILES string of the molecule is C=Cc1cc(C)[nH]n1. The quantitative estimate of drug-likeness (QED) is 0.578. The Morgan fingerprint density at radius 1 is 1.88 bits per heavy atom. The zero-order valence-corrected chi connectivity index (χ0v) is 4.81. The van der Waals surface area contributed by atoms with Gasteiger partial charge in [-0.3, -0.25) is 5.10 Å². The lowest BCUT2D eigenvalue weighted by atomic mass is 10.4. The molecule has 0 radical (unpaired) electrons. The number of nitrogens with zero attached hydrogens (tertiary/aromatic N) is 1. The van der Waals surface area contributed by atoms with Crippen molar-refractivity contribution in [3.8, 4) is 0 Å². The van der Waals surface area contributed by atoms with Crippen LogP contribution in [0, 0.1) is 6.92 Å². The minimum absolute atomic E-state index is 0.905. The van der Waals surface area contributed by atoms with Gasteiger partial charge in [-0.2, -0.15) is 5.10 Å². The van der Waals surface area contributed by atoms with Crippen LogP contribution in [-0.2, 0) is 0 Å². The maximum Gasteiger partial charge on any atom is 0.0845 e. The van der Waals surface area contributed by atoms with Crippen LogP contribution in [0.15, 0.2) is 12.6 Å². The lowest BCUT2D eigenvalue weighted by Crippen LogP contribution is -1.68. The van der Waals surface area contributed by atoms with Crippen LogP contribution in [-0.4, -0.2) is 10.2 Å². The van der Waals surface area contributed by atoms with Crippen molar-refractivity contribution in [2.24, 2.45) is 0 Å². The molecular weight excluding hydrogens is 100 g/mol. The van der Waals surface area contributed by atoms with Gasteiger partial charge in [0.15, 0.2) is 0 Å². The van der Waals surface area contributed by atoms with E-state index in [1.807, 2.05) is 13.0 Å². The van der Waals surface area contributed by atoms with Crippen LogP contribution >= 0.6 is 0 Å². The Morgan fingerprint density at radius 2 is 2.62 bits per heavy atom. The van der Waals surface area contributed by atoms with Gasteiger partial charge in [0.1, 0.15) is 0 Å². The first-order valence-electron chi connectivity index (χ1n) is 2.47. The molecule has 0 atom stereocenters. The monoisotopic (exact) mass is 108 g/mol. The molecule has 1 heterocycles. The van der Waals surface area contributed by atoms with Gasteiger partial charge in [0.2, 0.25) is 0 Å². The lowest BCUT2D eigenvalue weighted by molar-refractivity contribution is 1.04. The van der Waals surface area contributed by atoms with Crippen LogP contribution in [0.5, 0.6) is 0 Å². The first-order valence-corrected chi connectivity index (χ1v) is 2.47. The van der Waals surface area contributed by atoms with Crippen LogP contribution < -0.4 is 0 Å². The van der Waals surface area contributed by atoms with Gasteiger partial charge in [-0.25, -0.2) is 0 Å². The van der Waals surface area contributed by atoms with Crippen molar-refractivity contribution in [1.29, 1.82) is 0 Å². The van der Waals surface area contributed by atoms with E-state index in [2.05, 4.69) is 16.8 Å². The second kappa shape index (κ2) is 1.82. The minimum Gasteiger partial charge on any atom is -0.282 e. The summed E-state index contributed by atoms with van der Waals surface area (Å²) in [5.41, 5.74) is 1.97. The van der Waals surface area contributed by atoms with E-state index >= 15 is 0 Å². The van der Waals surface area contributed by atoms with Crippen LogP contribution in [0.3, 0.4) is 0 Å².